The Morgan fingerprint density at radius 1 is 0.274 bits per heavy atom. The maximum Gasteiger partial charge on any atom is 0.488 e. The molecular weight excluding hydrogens is 1160 g/mol. The summed E-state index contributed by atoms with van der Waals surface area (Å²) in [6, 6.07) is 71.1. The molecule has 7 heteroatoms. The molecule has 73 heavy (non-hydrogen) atoms. The van der Waals surface area contributed by atoms with E-state index in [2.05, 4.69) is 289 Å². The van der Waals surface area contributed by atoms with Crippen molar-refractivity contribution in [1.29, 1.82) is 0 Å². The lowest BCUT2D eigenvalue weighted by Crippen LogP contribution is -2.37. The van der Waals surface area contributed by atoms with Gasteiger partial charge in [0.05, 0.1) is 0 Å². The normalized spacial score (nSPS) is 14.9. The van der Waals surface area contributed by atoms with Gasteiger partial charge in [0.1, 0.15) is 0 Å². The van der Waals surface area contributed by atoms with Crippen LogP contribution in [0.1, 0.15) is 99.9 Å². The smallest absolute Gasteiger partial charge is 0.423 e. The SMILES string of the molecule is CC1(C)c2cc(-c3ccccc3)c(-c3ccccc3)cc2C(C)(C)c2cc(-c3ccccc3)c(-c3ccccc3)cc21.CC1(C)c2cc(Br)c(Br)cc2C(C)(C)c2cc(Br)c(Br)cc21.OB(O)c1ccccc1. The zero-order chi connectivity index (χ0) is 52.0. The molecule has 9 aromatic rings. The van der Waals surface area contributed by atoms with Crippen LogP contribution in [-0.4, -0.2) is 17.2 Å². The van der Waals surface area contributed by atoms with Gasteiger partial charge in [-0.3, -0.25) is 0 Å². The quantitative estimate of drug-likeness (QED) is 0.169. The summed E-state index contributed by atoms with van der Waals surface area (Å²) in [5, 5.41) is 17.2. The molecule has 0 saturated heterocycles. The third-order valence-corrected chi connectivity index (χ3v) is 18.9. The Morgan fingerprint density at radius 3 is 0.630 bits per heavy atom. The highest BCUT2D eigenvalue weighted by Gasteiger charge is 2.44. The minimum Gasteiger partial charge on any atom is -0.423 e. The van der Waals surface area contributed by atoms with E-state index >= 15 is 0 Å². The van der Waals surface area contributed by atoms with E-state index < -0.39 is 7.12 Å². The molecule has 9 aromatic carbocycles. The molecule has 2 aliphatic rings. The maximum absolute atomic E-state index is 8.58. The van der Waals surface area contributed by atoms with Crippen LogP contribution in [0.25, 0.3) is 44.5 Å². The van der Waals surface area contributed by atoms with Gasteiger partial charge in [0.25, 0.3) is 0 Å². The molecule has 0 saturated carbocycles. The van der Waals surface area contributed by atoms with Gasteiger partial charge in [0.15, 0.2) is 0 Å². The minimum absolute atomic E-state index is 0.0351. The number of halogens is 4. The van der Waals surface area contributed by atoms with Gasteiger partial charge in [-0.1, -0.05) is 207 Å². The summed E-state index contributed by atoms with van der Waals surface area (Å²) in [7, 11) is -1.34. The average Bonchev–Trinajstić information content (AvgIpc) is 3.40. The summed E-state index contributed by atoms with van der Waals surface area (Å²) in [6.45, 7) is 18.9. The van der Waals surface area contributed by atoms with Gasteiger partial charge in [-0.2, -0.15) is 0 Å². The average molecular weight is 1210 g/mol. The van der Waals surface area contributed by atoms with Crippen molar-refractivity contribution in [1.82, 2.24) is 0 Å². The topological polar surface area (TPSA) is 40.5 Å². The molecular formula is C66H59BBr4O2. The second-order valence-electron chi connectivity index (χ2n) is 21.3. The van der Waals surface area contributed by atoms with Gasteiger partial charge >= 0.3 is 7.12 Å². The number of rotatable bonds is 5. The van der Waals surface area contributed by atoms with E-state index in [1.54, 1.807) is 24.3 Å². The number of benzene rings is 9. The summed E-state index contributed by atoms with van der Waals surface area (Å²) < 4.78 is 4.43. The van der Waals surface area contributed by atoms with Crippen LogP contribution in [0.15, 0.2) is 218 Å². The van der Waals surface area contributed by atoms with Crippen LogP contribution < -0.4 is 5.46 Å². The predicted molar refractivity (Wildman–Crippen MR) is 323 cm³/mol. The van der Waals surface area contributed by atoms with Crippen LogP contribution in [0.5, 0.6) is 0 Å². The van der Waals surface area contributed by atoms with Crippen molar-refractivity contribution in [3.8, 4) is 44.5 Å². The van der Waals surface area contributed by atoms with Crippen molar-refractivity contribution in [2.24, 2.45) is 0 Å². The first kappa shape index (κ1) is 52.7. The molecule has 11 rings (SSSR count). The summed E-state index contributed by atoms with van der Waals surface area (Å²) in [6.07, 6.45) is 0. The molecule has 0 radical (unpaired) electrons. The third-order valence-electron chi connectivity index (χ3n) is 15.3. The molecule has 0 aromatic heterocycles. The van der Waals surface area contributed by atoms with E-state index in [-0.39, 0.29) is 21.7 Å². The van der Waals surface area contributed by atoms with E-state index in [0.717, 1.165) is 17.9 Å². The molecule has 366 valence electrons. The lowest BCUT2D eigenvalue weighted by molar-refractivity contribution is 0.426. The largest absolute Gasteiger partial charge is 0.488 e. The van der Waals surface area contributed by atoms with Crippen molar-refractivity contribution >= 4 is 76.3 Å². The molecule has 0 heterocycles. The van der Waals surface area contributed by atoms with Crippen LogP contribution in [0.4, 0.5) is 0 Å². The monoisotopic (exact) mass is 1210 g/mol. The summed E-state index contributed by atoms with van der Waals surface area (Å²) in [5.74, 6) is 0. The summed E-state index contributed by atoms with van der Waals surface area (Å²) >= 11 is 14.7. The van der Waals surface area contributed by atoms with Crippen LogP contribution >= 0.6 is 63.7 Å². The standard InChI is InChI=1S/C42H36.C18H16Br4.C6H7BO2/c1-41(2)37-25-33(29-17-9-5-10-18-29)35(31-21-13-7-14-22-31)27-39(37)42(3,4)40-28-36(32-23-15-8-16-24-32)34(26-38(40)41)30-19-11-6-12-20-30;1-17(2)9-5-13(19)15(21)7-11(9)18(3,4)12-8-16(22)14(20)6-10(12)17;8-7(9)6-4-2-1-3-5-6/h5-28H,1-4H3;5-8H,1-4H3;1-5,8-9H. The Hall–Kier alpha value is -5.12. The molecule has 0 atom stereocenters. The van der Waals surface area contributed by atoms with Gasteiger partial charge in [0.2, 0.25) is 0 Å². The molecule has 0 bridgehead atoms. The summed E-state index contributed by atoms with van der Waals surface area (Å²) in [4.78, 5) is 0. The number of hydrogen-bond donors (Lipinski definition) is 2. The molecule has 2 N–H and O–H groups in total. The lowest BCUT2D eigenvalue weighted by atomic mass is 9.58. The highest BCUT2D eigenvalue weighted by molar-refractivity contribution is 9.13. The van der Waals surface area contributed by atoms with E-state index in [4.69, 9.17) is 10.0 Å². The number of fused-ring (bicyclic) bond motifs is 4. The first-order chi connectivity index (χ1) is 34.7. The Morgan fingerprint density at radius 2 is 0.452 bits per heavy atom. The molecule has 0 spiro atoms. The van der Waals surface area contributed by atoms with Gasteiger partial charge in [-0.15, -0.1) is 0 Å². The zero-order valence-electron chi connectivity index (χ0n) is 42.5. The Kier molecular flexibility index (Phi) is 15.1. The molecule has 0 unspecified atom stereocenters. The number of hydrogen-bond acceptors (Lipinski definition) is 2. The first-order valence-corrected chi connectivity index (χ1v) is 27.9. The van der Waals surface area contributed by atoms with Gasteiger partial charge < -0.3 is 10.0 Å². The van der Waals surface area contributed by atoms with E-state index in [1.807, 2.05) is 6.07 Å². The highest BCUT2D eigenvalue weighted by atomic mass is 79.9. The summed E-state index contributed by atoms with van der Waals surface area (Å²) in [5.41, 5.74) is 21.4. The van der Waals surface area contributed by atoms with Crippen molar-refractivity contribution in [2.45, 2.75) is 77.0 Å². The van der Waals surface area contributed by atoms with Crippen LogP contribution in [0.2, 0.25) is 0 Å². The van der Waals surface area contributed by atoms with Crippen LogP contribution in [-0.2, 0) is 21.7 Å². The molecule has 2 nitrogen and oxygen atoms in total. The van der Waals surface area contributed by atoms with Gasteiger partial charge in [0, 0.05) is 39.6 Å². The second-order valence-corrected chi connectivity index (χ2v) is 24.7. The van der Waals surface area contributed by atoms with Crippen molar-refractivity contribution in [2.75, 3.05) is 0 Å². The fourth-order valence-corrected chi connectivity index (χ4v) is 12.4. The van der Waals surface area contributed by atoms with Crippen LogP contribution in [0.3, 0.4) is 0 Å². The molecule has 0 fully saturated rings. The fraction of sp³-hybridized carbons (Fsp3) is 0.182. The Labute approximate surface area is 466 Å². The zero-order valence-corrected chi connectivity index (χ0v) is 48.9. The predicted octanol–water partition coefficient (Wildman–Crippen LogP) is 18.4. The maximum atomic E-state index is 8.58. The minimum atomic E-state index is -1.34. The van der Waals surface area contributed by atoms with Crippen molar-refractivity contribution in [3.05, 3.63) is 263 Å². The highest BCUT2D eigenvalue weighted by Crippen LogP contribution is 2.55. The Bertz CT molecular complexity index is 3040. The van der Waals surface area contributed by atoms with Crippen LogP contribution in [0, 0.1) is 0 Å². The second kappa shape index (κ2) is 20.9. The van der Waals surface area contributed by atoms with Crippen molar-refractivity contribution in [3.63, 3.8) is 0 Å². The molecule has 0 aliphatic heterocycles. The van der Waals surface area contributed by atoms with Crippen molar-refractivity contribution < 1.29 is 10.0 Å². The van der Waals surface area contributed by atoms with E-state index in [1.165, 1.54) is 89.0 Å². The van der Waals surface area contributed by atoms with Gasteiger partial charge in [-0.05, 0) is 207 Å². The molecule has 2 aliphatic carbocycles. The van der Waals surface area contributed by atoms with E-state index in [0.29, 0.717) is 5.46 Å². The fourth-order valence-electron chi connectivity index (χ4n) is 11.1. The van der Waals surface area contributed by atoms with E-state index in [9.17, 15) is 0 Å². The van der Waals surface area contributed by atoms with Gasteiger partial charge in [-0.25, -0.2) is 0 Å². The first-order valence-electron chi connectivity index (χ1n) is 24.7. The third kappa shape index (κ3) is 10.1. The molecule has 0 amide bonds. The lowest BCUT2D eigenvalue weighted by Gasteiger charge is -2.45. The Balaban J connectivity index is 0.000000175.